The van der Waals surface area contributed by atoms with Gasteiger partial charge in [-0.2, -0.15) is 0 Å². The number of nitrogens with zero attached hydrogens (tertiary/aromatic N) is 1. The minimum absolute atomic E-state index is 0.194. The van der Waals surface area contributed by atoms with E-state index < -0.39 is 0 Å². The Morgan fingerprint density at radius 3 is 1.31 bits per heavy atom. The predicted molar refractivity (Wildman–Crippen MR) is 157 cm³/mol. The van der Waals surface area contributed by atoms with E-state index in [1.165, 1.54) is 66.1 Å². The minimum Gasteiger partial charge on any atom is -0.309 e. The highest BCUT2D eigenvalue weighted by Crippen LogP contribution is 2.31. The Morgan fingerprint density at radius 1 is 0.444 bits per heavy atom. The van der Waals surface area contributed by atoms with Crippen molar-refractivity contribution in [1.82, 2.24) is 4.57 Å². The molecule has 5 aromatic carbocycles. The van der Waals surface area contributed by atoms with Gasteiger partial charge in [-0.15, -0.1) is 0 Å². The Balaban J connectivity index is 1.56. The molecule has 2 heteroatoms. The molecule has 0 spiro atoms. The van der Waals surface area contributed by atoms with Gasteiger partial charge in [0.15, 0.2) is 0 Å². The molecule has 0 N–H and O–H groups in total. The van der Waals surface area contributed by atoms with Crippen LogP contribution >= 0.6 is 0 Å². The van der Waals surface area contributed by atoms with Crippen molar-refractivity contribution in [1.29, 1.82) is 0 Å². The van der Waals surface area contributed by atoms with Crippen LogP contribution in [0.25, 0.3) is 27.5 Å². The number of hydrogen-bond donors (Lipinski definition) is 0. The van der Waals surface area contributed by atoms with Gasteiger partial charge in [0.25, 0.3) is 0 Å². The van der Waals surface area contributed by atoms with Gasteiger partial charge >= 0.3 is 0 Å². The Hall–Kier alpha value is -4.04. The van der Waals surface area contributed by atoms with Crippen molar-refractivity contribution in [2.45, 2.75) is 27.7 Å². The molecule has 0 aliphatic rings. The van der Waals surface area contributed by atoms with Crippen LogP contribution in [0.15, 0.2) is 109 Å². The summed E-state index contributed by atoms with van der Waals surface area (Å²) >= 11 is 0. The van der Waals surface area contributed by atoms with E-state index in [-0.39, 0.29) is 6.71 Å². The summed E-state index contributed by atoms with van der Waals surface area (Å²) in [6, 6.07) is 40.0. The van der Waals surface area contributed by atoms with Crippen LogP contribution in [0.4, 0.5) is 0 Å². The van der Waals surface area contributed by atoms with Gasteiger partial charge in [0.2, 0.25) is 6.71 Å². The molecule has 0 aliphatic carbocycles. The summed E-state index contributed by atoms with van der Waals surface area (Å²) in [7, 11) is 0. The monoisotopic (exact) mass is 463 g/mol. The fourth-order valence-corrected chi connectivity index (χ4v) is 6.06. The summed E-state index contributed by atoms with van der Waals surface area (Å²) in [5.41, 5.74) is 13.2. The largest absolute Gasteiger partial charge is 0.309 e. The second-order valence-electron chi connectivity index (χ2n) is 10.0. The van der Waals surface area contributed by atoms with Crippen LogP contribution in [0.2, 0.25) is 0 Å². The molecule has 0 saturated carbocycles. The van der Waals surface area contributed by atoms with Crippen LogP contribution in [0.1, 0.15) is 22.3 Å². The van der Waals surface area contributed by atoms with Crippen LogP contribution in [0.3, 0.4) is 0 Å². The van der Waals surface area contributed by atoms with Crippen LogP contribution in [-0.2, 0) is 0 Å². The maximum Gasteiger partial charge on any atom is 0.242 e. The van der Waals surface area contributed by atoms with E-state index in [2.05, 4.69) is 141 Å². The lowest BCUT2D eigenvalue weighted by molar-refractivity contribution is 1.18. The third-order valence-corrected chi connectivity index (χ3v) is 7.73. The number of aryl methyl sites for hydroxylation is 4. The molecule has 1 aromatic heterocycles. The second kappa shape index (κ2) is 8.88. The van der Waals surface area contributed by atoms with Gasteiger partial charge in [0.1, 0.15) is 0 Å². The molecule has 0 aliphatic heterocycles. The summed E-state index contributed by atoms with van der Waals surface area (Å²) in [4.78, 5) is 0. The topological polar surface area (TPSA) is 4.93 Å². The summed E-state index contributed by atoms with van der Waals surface area (Å²) in [6.45, 7) is 9.18. The van der Waals surface area contributed by atoms with Crippen LogP contribution in [0, 0.1) is 27.7 Å². The average molecular weight is 463 g/mol. The summed E-state index contributed by atoms with van der Waals surface area (Å²) in [5.74, 6) is 0. The zero-order valence-electron chi connectivity index (χ0n) is 21.4. The number of para-hydroxylation sites is 2. The highest BCUT2D eigenvalue weighted by Gasteiger charge is 2.27. The Bertz CT molecular complexity index is 1580. The minimum atomic E-state index is 0.194. The molecule has 1 heterocycles. The van der Waals surface area contributed by atoms with E-state index in [1.807, 2.05) is 0 Å². The van der Waals surface area contributed by atoms with E-state index in [1.54, 1.807) is 0 Å². The predicted octanol–water partition coefficient (Wildman–Crippen LogP) is 6.53. The summed E-state index contributed by atoms with van der Waals surface area (Å²) in [5, 5.41) is 2.59. The lowest BCUT2D eigenvalue weighted by Gasteiger charge is -2.24. The van der Waals surface area contributed by atoms with Crippen LogP contribution < -0.4 is 16.4 Å². The van der Waals surface area contributed by atoms with Crippen LogP contribution in [-0.4, -0.2) is 11.3 Å². The van der Waals surface area contributed by atoms with E-state index in [4.69, 9.17) is 0 Å². The van der Waals surface area contributed by atoms with E-state index in [0.29, 0.717) is 0 Å². The first-order valence-corrected chi connectivity index (χ1v) is 12.8. The van der Waals surface area contributed by atoms with Crippen molar-refractivity contribution in [2.24, 2.45) is 0 Å². The SMILES string of the molecule is Cc1cccc(C)c1B(c1ccc(-n2c3ccccc3c3ccccc32)cc1)c1c(C)cccc1C. The maximum atomic E-state index is 2.39. The zero-order chi connectivity index (χ0) is 24.8. The Labute approximate surface area is 214 Å². The quantitative estimate of drug-likeness (QED) is 0.262. The normalized spacial score (nSPS) is 11.3. The molecule has 6 rings (SSSR count). The molecule has 174 valence electrons. The fraction of sp³-hybridized carbons (Fsp3) is 0.118. The number of fused-ring (bicyclic) bond motifs is 3. The number of hydrogen-bond acceptors (Lipinski definition) is 0. The molecule has 0 radical (unpaired) electrons. The van der Waals surface area contributed by atoms with Gasteiger partial charge in [0, 0.05) is 16.5 Å². The zero-order valence-corrected chi connectivity index (χ0v) is 21.4. The summed E-state index contributed by atoms with van der Waals surface area (Å²) < 4.78 is 2.39. The lowest BCUT2D eigenvalue weighted by atomic mass is 9.34. The highest BCUT2D eigenvalue weighted by atomic mass is 15.0. The highest BCUT2D eigenvalue weighted by molar-refractivity contribution is 6.96. The molecule has 0 atom stereocenters. The molecular formula is C34H30BN. The smallest absolute Gasteiger partial charge is 0.242 e. The third kappa shape index (κ3) is 3.57. The number of aromatic nitrogens is 1. The van der Waals surface area contributed by atoms with E-state index >= 15 is 0 Å². The van der Waals surface area contributed by atoms with Gasteiger partial charge in [-0.05, 0) is 52.0 Å². The standard InChI is InChI=1S/C34H30BN/c1-23-11-9-12-24(2)33(23)35(34-25(3)13-10-14-26(34)4)27-19-21-28(22-20-27)36-31-17-7-5-15-29(31)30-16-6-8-18-32(30)36/h5-22H,1-4H3. The maximum absolute atomic E-state index is 2.39. The lowest BCUT2D eigenvalue weighted by Crippen LogP contribution is -2.55. The van der Waals surface area contributed by atoms with Crippen molar-refractivity contribution in [3.63, 3.8) is 0 Å². The third-order valence-electron chi connectivity index (χ3n) is 7.73. The fourth-order valence-electron chi connectivity index (χ4n) is 6.06. The first-order chi connectivity index (χ1) is 17.5. The van der Waals surface area contributed by atoms with Crippen LogP contribution in [0.5, 0.6) is 0 Å². The molecule has 0 saturated heterocycles. The molecule has 1 nitrogen and oxygen atoms in total. The molecule has 0 fully saturated rings. The van der Waals surface area contributed by atoms with Gasteiger partial charge < -0.3 is 4.57 Å². The molecule has 6 aromatic rings. The van der Waals surface area contributed by atoms with Gasteiger partial charge in [-0.25, -0.2) is 0 Å². The first kappa shape index (κ1) is 22.4. The van der Waals surface area contributed by atoms with Crippen molar-refractivity contribution in [3.05, 3.63) is 131 Å². The Morgan fingerprint density at radius 2 is 0.861 bits per heavy atom. The van der Waals surface area contributed by atoms with Gasteiger partial charge in [-0.1, -0.05) is 124 Å². The summed E-state index contributed by atoms with van der Waals surface area (Å²) in [6.07, 6.45) is 0. The molecule has 0 bridgehead atoms. The van der Waals surface area contributed by atoms with E-state index in [0.717, 1.165) is 0 Å². The molecule has 0 amide bonds. The average Bonchev–Trinajstić information content (AvgIpc) is 3.22. The van der Waals surface area contributed by atoms with Gasteiger partial charge in [0.05, 0.1) is 11.0 Å². The van der Waals surface area contributed by atoms with E-state index in [9.17, 15) is 0 Å². The van der Waals surface area contributed by atoms with Crippen molar-refractivity contribution < 1.29 is 0 Å². The van der Waals surface area contributed by atoms with Gasteiger partial charge in [-0.3, -0.25) is 0 Å². The van der Waals surface area contributed by atoms with Crippen molar-refractivity contribution >= 4 is 44.9 Å². The van der Waals surface area contributed by atoms with Crippen molar-refractivity contribution in [3.8, 4) is 5.69 Å². The number of benzene rings is 5. The first-order valence-electron chi connectivity index (χ1n) is 12.8. The number of rotatable bonds is 4. The second-order valence-corrected chi connectivity index (χ2v) is 10.0. The molecule has 36 heavy (non-hydrogen) atoms. The van der Waals surface area contributed by atoms with Crippen molar-refractivity contribution in [2.75, 3.05) is 0 Å². The Kier molecular flexibility index (Phi) is 5.53. The molecular weight excluding hydrogens is 433 g/mol. The molecule has 0 unspecified atom stereocenters.